The van der Waals surface area contributed by atoms with E-state index >= 15 is 0 Å². The predicted octanol–water partition coefficient (Wildman–Crippen LogP) is 2.37. The highest BCUT2D eigenvalue weighted by molar-refractivity contribution is 5.77. The molecule has 0 radical (unpaired) electrons. The molecule has 1 aromatic heterocycles. The first kappa shape index (κ1) is 19.7. The van der Waals surface area contributed by atoms with E-state index < -0.39 is 0 Å². The highest BCUT2D eigenvalue weighted by Crippen LogP contribution is 2.41. The van der Waals surface area contributed by atoms with Crippen LogP contribution in [0.5, 0.6) is 5.75 Å². The van der Waals surface area contributed by atoms with Gasteiger partial charge in [-0.2, -0.15) is 0 Å². The van der Waals surface area contributed by atoms with Gasteiger partial charge in [-0.05, 0) is 40.8 Å². The van der Waals surface area contributed by atoms with Crippen LogP contribution in [0.4, 0.5) is 5.69 Å². The fourth-order valence-corrected chi connectivity index (χ4v) is 4.74. The van der Waals surface area contributed by atoms with Gasteiger partial charge < -0.3 is 14.5 Å². The Hall–Kier alpha value is -2.64. The molecule has 1 aromatic carbocycles. The quantitative estimate of drug-likeness (QED) is 0.744. The number of amides is 1. The van der Waals surface area contributed by atoms with Crippen molar-refractivity contribution in [2.75, 3.05) is 38.2 Å². The highest BCUT2D eigenvalue weighted by atomic mass is 16.5. The van der Waals surface area contributed by atoms with E-state index in [-0.39, 0.29) is 11.3 Å². The maximum atomic E-state index is 13.2. The topological polar surface area (TPSA) is 76.4 Å². The molecule has 8 heteroatoms. The zero-order chi connectivity index (χ0) is 20.1. The first-order valence-corrected chi connectivity index (χ1v) is 10.6. The number of tetrazole rings is 1. The summed E-state index contributed by atoms with van der Waals surface area (Å²) in [5, 5.41) is 11.6. The van der Waals surface area contributed by atoms with Gasteiger partial charge in [0.25, 0.3) is 0 Å². The molecular weight excluding hydrogens is 368 g/mol. The van der Waals surface area contributed by atoms with E-state index in [1.54, 1.807) is 18.1 Å². The predicted molar refractivity (Wildman–Crippen MR) is 110 cm³/mol. The van der Waals surface area contributed by atoms with E-state index in [2.05, 4.69) is 32.6 Å². The van der Waals surface area contributed by atoms with Crippen LogP contribution < -0.4 is 9.64 Å². The third-order valence-electron chi connectivity index (χ3n) is 6.38. The number of carbonyl (C=O) groups excluding carboxylic acids is 1. The Morgan fingerprint density at radius 2 is 1.93 bits per heavy atom. The van der Waals surface area contributed by atoms with Crippen LogP contribution >= 0.6 is 0 Å². The second-order valence-electron chi connectivity index (χ2n) is 8.31. The number of anilines is 1. The molecule has 2 aromatic rings. The van der Waals surface area contributed by atoms with Crippen LogP contribution in [-0.2, 0) is 11.3 Å². The van der Waals surface area contributed by atoms with Crippen molar-refractivity contribution in [3.05, 3.63) is 30.6 Å². The number of hydrogen-bond donors (Lipinski definition) is 0. The third kappa shape index (κ3) is 4.68. The molecule has 2 aliphatic rings. The van der Waals surface area contributed by atoms with Gasteiger partial charge in [0, 0.05) is 44.4 Å². The minimum atomic E-state index is -0.0192. The average molecular weight is 399 g/mol. The third-order valence-corrected chi connectivity index (χ3v) is 6.38. The van der Waals surface area contributed by atoms with Gasteiger partial charge in [0.2, 0.25) is 5.91 Å². The molecule has 0 bridgehead atoms. The summed E-state index contributed by atoms with van der Waals surface area (Å²) in [6, 6.07) is 8.12. The van der Waals surface area contributed by atoms with E-state index in [0.29, 0.717) is 6.42 Å². The second-order valence-corrected chi connectivity index (χ2v) is 8.31. The van der Waals surface area contributed by atoms with Crippen LogP contribution in [0.15, 0.2) is 30.6 Å². The minimum Gasteiger partial charge on any atom is -0.497 e. The molecule has 8 nitrogen and oxygen atoms in total. The van der Waals surface area contributed by atoms with E-state index in [4.69, 9.17) is 4.74 Å². The van der Waals surface area contributed by atoms with Crippen LogP contribution in [0.1, 0.15) is 38.5 Å². The number of methoxy groups -OCH3 is 1. The summed E-state index contributed by atoms with van der Waals surface area (Å²) in [4.78, 5) is 17.5. The molecule has 2 heterocycles. The fraction of sp³-hybridized carbons (Fsp3) is 0.619. The van der Waals surface area contributed by atoms with Crippen LogP contribution in [0.3, 0.4) is 0 Å². The van der Waals surface area contributed by atoms with Crippen molar-refractivity contribution in [1.29, 1.82) is 0 Å². The summed E-state index contributed by atoms with van der Waals surface area (Å²) < 4.78 is 7.13. The summed E-state index contributed by atoms with van der Waals surface area (Å²) in [7, 11) is 1.69. The van der Waals surface area contributed by atoms with Gasteiger partial charge in [0.1, 0.15) is 12.1 Å². The fourth-order valence-electron chi connectivity index (χ4n) is 4.74. The maximum Gasteiger partial charge on any atom is 0.223 e. The summed E-state index contributed by atoms with van der Waals surface area (Å²) in [6.45, 7) is 3.95. The van der Waals surface area contributed by atoms with Crippen LogP contribution in [0, 0.1) is 5.41 Å². The maximum absolute atomic E-state index is 13.2. The largest absolute Gasteiger partial charge is 0.497 e. The van der Waals surface area contributed by atoms with Gasteiger partial charge in [-0.1, -0.05) is 25.3 Å². The van der Waals surface area contributed by atoms with Crippen LogP contribution in [-0.4, -0.2) is 64.3 Å². The lowest BCUT2D eigenvalue weighted by atomic mass is 9.71. The van der Waals surface area contributed by atoms with E-state index in [0.717, 1.165) is 57.0 Å². The Kier molecular flexibility index (Phi) is 5.97. The molecule has 4 rings (SSSR count). The molecule has 0 atom stereocenters. The molecule has 156 valence electrons. The van der Waals surface area contributed by atoms with Gasteiger partial charge in [-0.3, -0.25) is 4.79 Å². The number of hydrogen-bond acceptors (Lipinski definition) is 6. The standard InChI is InChI=1S/C21H30N6O2/c1-29-19-7-5-6-18(14-19)25-10-12-26(13-11-25)20(28)15-21(8-3-2-4-9-21)16-27-17-22-23-24-27/h5-7,14,17H,2-4,8-13,15-16H2,1H3. The number of ether oxygens (including phenoxy) is 1. The molecule has 1 aliphatic carbocycles. The first-order valence-electron chi connectivity index (χ1n) is 10.6. The van der Waals surface area contributed by atoms with Crippen molar-refractivity contribution in [3.8, 4) is 5.75 Å². The van der Waals surface area contributed by atoms with Crippen molar-refractivity contribution < 1.29 is 9.53 Å². The monoisotopic (exact) mass is 398 g/mol. The molecule has 29 heavy (non-hydrogen) atoms. The number of aromatic nitrogens is 4. The highest BCUT2D eigenvalue weighted by Gasteiger charge is 2.37. The minimum absolute atomic E-state index is 0.0192. The Bertz CT molecular complexity index is 795. The number of carbonyl (C=O) groups is 1. The summed E-state index contributed by atoms with van der Waals surface area (Å²) in [5.41, 5.74) is 1.13. The second kappa shape index (κ2) is 8.80. The molecule has 0 unspecified atom stereocenters. The molecular formula is C21H30N6O2. The van der Waals surface area contributed by atoms with Gasteiger partial charge in [-0.25, -0.2) is 4.68 Å². The lowest BCUT2D eigenvalue weighted by molar-refractivity contribution is -0.135. The average Bonchev–Trinajstić information content (AvgIpc) is 3.27. The van der Waals surface area contributed by atoms with Crippen molar-refractivity contribution >= 4 is 11.6 Å². The van der Waals surface area contributed by atoms with Gasteiger partial charge in [0.05, 0.1) is 13.7 Å². The van der Waals surface area contributed by atoms with Gasteiger partial charge >= 0.3 is 0 Å². The Balaban J connectivity index is 1.36. The first-order chi connectivity index (χ1) is 14.2. The zero-order valence-electron chi connectivity index (χ0n) is 17.2. The molecule has 1 aliphatic heterocycles. The Morgan fingerprint density at radius 3 is 2.62 bits per heavy atom. The van der Waals surface area contributed by atoms with E-state index in [9.17, 15) is 4.79 Å². The number of piperazine rings is 1. The summed E-state index contributed by atoms with van der Waals surface area (Å²) in [6.07, 6.45) is 8.01. The number of nitrogens with zero attached hydrogens (tertiary/aromatic N) is 6. The molecule has 2 fully saturated rings. The van der Waals surface area contributed by atoms with E-state index in [1.165, 1.54) is 19.3 Å². The molecule has 1 amide bonds. The lowest BCUT2D eigenvalue weighted by Gasteiger charge is -2.40. The molecule has 1 saturated carbocycles. The van der Waals surface area contributed by atoms with Crippen LogP contribution in [0.2, 0.25) is 0 Å². The summed E-state index contributed by atoms with van der Waals surface area (Å²) >= 11 is 0. The Morgan fingerprint density at radius 1 is 1.14 bits per heavy atom. The van der Waals surface area contributed by atoms with Crippen LogP contribution in [0.25, 0.3) is 0 Å². The zero-order valence-corrected chi connectivity index (χ0v) is 17.2. The van der Waals surface area contributed by atoms with Crippen molar-refractivity contribution in [3.63, 3.8) is 0 Å². The molecule has 0 spiro atoms. The van der Waals surface area contributed by atoms with Gasteiger partial charge in [-0.15, -0.1) is 5.10 Å². The smallest absolute Gasteiger partial charge is 0.223 e. The normalized spacial score (nSPS) is 19.2. The molecule has 0 N–H and O–H groups in total. The van der Waals surface area contributed by atoms with Gasteiger partial charge in [0.15, 0.2) is 0 Å². The van der Waals surface area contributed by atoms with Crippen molar-refractivity contribution in [1.82, 2.24) is 25.1 Å². The SMILES string of the molecule is COc1cccc(N2CCN(C(=O)CC3(Cn4cnnn4)CCCCC3)CC2)c1. The molecule has 1 saturated heterocycles. The number of rotatable bonds is 6. The van der Waals surface area contributed by atoms with Crippen molar-refractivity contribution in [2.45, 2.75) is 45.1 Å². The van der Waals surface area contributed by atoms with Crippen molar-refractivity contribution in [2.24, 2.45) is 5.41 Å². The Labute approximate surface area is 171 Å². The lowest BCUT2D eigenvalue weighted by Crippen LogP contribution is -2.50. The number of benzene rings is 1. The summed E-state index contributed by atoms with van der Waals surface area (Å²) in [5.74, 6) is 1.13. The van der Waals surface area contributed by atoms with E-state index in [1.807, 2.05) is 17.0 Å².